The van der Waals surface area contributed by atoms with E-state index in [1.54, 1.807) is 23.9 Å². The molecule has 0 amide bonds. The second-order valence-corrected chi connectivity index (χ2v) is 7.86. The SMILES string of the molecule is Cn1ncc2c(=O)[nH]c(CN3CC[C@H](O)[C@@](CO)(Cc4ccc(F)cc4)C3)nc21. The van der Waals surface area contributed by atoms with Crippen LogP contribution in [0.3, 0.4) is 0 Å². The Balaban J connectivity index is 1.57. The highest BCUT2D eigenvalue weighted by atomic mass is 19.1. The Morgan fingerprint density at radius 2 is 2.10 bits per heavy atom. The summed E-state index contributed by atoms with van der Waals surface area (Å²) >= 11 is 0. The van der Waals surface area contributed by atoms with Crippen molar-refractivity contribution in [1.82, 2.24) is 24.6 Å². The van der Waals surface area contributed by atoms with Crippen molar-refractivity contribution in [2.45, 2.75) is 25.5 Å². The summed E-state index contributed by atoms with van der Waals surface area (Å²) in [6.07, 6.45) is 1.72. The van der Waals surface area contributed by atoms with Crippen LogP contribution in [0, 0.1) is 11.2 Å². The van der Waals surface area contributed by atoms with Crippen LogP contribution in [-0.4, -0.2) is 60.7 Å². The maximum Gasteiger partial charge on any atom is 0.262 e. The first-order valence-electron chi connectivity index (χ1n) is 9.57. The normalized spacial score (nSPS) is 23.0. The molecule has 0 aliphatic carbocycles. The minimum Gasteiger partial charge on any atom is -0.396 e. The third kappa shape index (κ3) is 3.81. The van der Waals surface area contributed by atoms with Crippen molar-refractivity contribution in [2.24, 2.45) is 12.5 Å². The molecule has 3 N–H and O–H groups in total. The fourth-order valence-corrected chi connectivity index (χ4v) is 4.13. The predicted octanol–water partition coefficient (Wildman–Crippen LogP) is 0.584. The van der Waals surface area contributed by atoms with E-state index in [1.165, 1.54) is 18.3 Å². The number of piperidine rings is 1. The molecule has 2 aromatic heterocycles. The quantitative estimate of drug-likeness (QED) is 0.578. The molecule has 2 atom stereocenters. The second kappa shape index (κ2) is 7.66. The maximum absolute atomic E-state index is 13.2. The Morgan fingerprint density at radius 3 is 2.83 bits per heavy atom. The van der Waals surface area contributed by atoms with Gasteiger partial charge in [0, 0.05) is 25.6 Å². The molecule has 1 aromatic carbocycles. The third-order valence-corrected chi connectivity index (χ3v) is 5.77. The van der Waals surface area contributed by atoms with Gasteiger partial charge in [0.25, 0.3) is 5.56 Å². The second-order valence-electron chi connectivity index (χ2n) is 7.86. The number of aliphatic hydroxyl groups excluding tert-OH is 2. The zero-order chi connectivity index (χ0) is 20.6. The number of fused-ring (bicyclic) bond motifs is 1. The highest BCUT2D eigenvalue weighted by Crippen LogP contribution is 2.34. The standard InChI is InChI=1S/C20H24FN5O3/c1-25-18-15(9-22-25)19(29)24-17(23-18)10-26-7-6-16(28)20(11-26,12-27)8-13-2-4-14(21)5-3-13/h2-5,9,16,27-28H,6-8,10-12H2,1H3,(H,23,24,29)/t16-,20-/m0/s1. The molecular formula is C20H24FN5O3. The lowest BCUT2D eigenvalue weighted by Gasteiger charge is -2.45. The molecule has 3 heterocycles. The number of H-pyrrole nitrogens is 1. The average molecular weight is 401 g/mol. The van der Waals surface area contributed by atoms with Crippen molar-refractivity contribution in [2.75, 3.05) is 19.7 Å². The van der Waals surface area contributed by atoms with E-state index >= 15 is 0 Å². The van der Waals surface area contributed by atoms with Crippen molar-refractivity contribution < 1.29 is 14.6 Å². The van der Waals surface area contributed by atoms with Crippen molar-refractivity contribution in [3.05, 3.63) is 58.0 Å². The molecule has 0 radical (unpaired) electrons. The summed E-state index contributed by atoms with van der Waals surface area (Å²) in [4.78, 5) is 21.7. The molecule has 8 nitrogen and oxygen atoms in total. The van der Waals surface area contributed by atoms with Gasteiger partial charge in [0.15, 0.2) is 5.65 Å². The van der Waals surface area contributed by atoms with Crippen LogP contribution in [-0.2, 0) is 20.0 Å². The van der Waals surface area contributed by atoms with Crippen LogP contribution < -0.4 is 5.56 Å². The number of hydrogen-bond donors (Lipinski definition) is 3. The largest absolute Gasteiger partial charge is 0.396 e. The van der Waals surface area contributed by atoms with Gasteiger partial charge in [-0.05, 0) is 30.5 Å². The summed E-state index contributed by atoms with van der Waals surface area (Å²) in [6.45, 7) is 1.22. The molecule has 154 valence electrons. The minimum atomic E-state index is -0.771. The molecule has 29 heavy (non-hydrogen) atoms. The first kappa shape index (κ1) is 19.7. The maximum atomic E-state index is 13.2. The molecule has 0 saturated carbocycles. The van der Waals surface area contributed by atoms with Crippen LogP contribution in [0.1, 0.15) is 17.8 Å². The first-order chi connectivity index (χ1) is 13.9. The lowest BCUT2D eigenvalue weighted by Crippen LogP contribution is -2.54. The molecule has 0 unspecified atom stereocenters. The molecule has 1 fully saturated rings. The number of aliphatic hydroxyl groups is 2. The summed E-state index contributed by atoms with van der Waals surface area (Å²) in [5.41, 5.74) is 0.354. The number of nitrogens with one attached hydrogen (secondary N) is 1. The summed E-state index contributed by atoms with van der Waals surface area (Å²) in [7, 11) is 1.73. The van der Waals surface area contributed by atoms with E-state index in [2.05, 4.69) is 20.0 Å². The zero-order valence-corrected chi connectivity index (χ0v) is 16.2. The number of hydrogen-bond acceptors (Lipinski definition) is 6. The van der Waals surface area contributed by atoms with Gasteiger partial charge in [-0.15, -0.1) is 0 Å². The van der Waals surface area contributed by atoms with Gasteiger partial charge in [-0.2, -0.15) is 5.10 Å². The fraction of sp³-hybridized carbons (Fsp3) is 0.450. The summed E-state index contributed by atoms with van der Waals surface area (Å²) in [6, 6.07) is 6.11. The van der Waals surface area contributed by atoms with Crippen molar-refractivity contribution in [1.29, 1.82) is 0 Å². The van der Waals surface area contributed by atoms with E-state index in [-0.39, 0.29) is 18.0 Å². The molecule has 0 bridgehead atoms. The Kier molecular flexibility index (Phi) is 5.20. The number of aromatic amines is 1. The van der Waals surface area contributed by atoms with Gasteiger partial charge >= 0.3 is 0 Å². The average Bonchev–Trinajstić information content (AvgIpc) is 3.08. The van der Waals surface area contributed by atoms with Crippen molar-refractivity contribution in [3.8, 4) is 0 Å². The molecule has 4 rings (SSSR count). The van der Waals surface area contributed by atoms with E-state index in [9.17, 15) is 19.4 Å². The molecule has 0 spiro atoms. The monoisotopic (exact) mass is 401 g/mol. The van der Waals surface area contributed by atoms with E-state index in [0.29, 0.717) is 49.3 Å². The molecule has 1 aliphatic heterocycles. The number of halogens is 1. The van der Waals surface area contributed by atoms with Crippen LogP contribution in [0.15, 0.2) is 35.3 Å². The van der Waals surface area contributed by atoms with Crippen LogP contribution >= 0.6 is 0 Å². The Bertz CT molecular complexity index is 1060. The van der Waals surface area contributed by atoms with Gasteiger partial charge in [-0.25, -0.2) is 9.37 Å². The van der Waals surface area contributed by atoms with Crippen LogP contribution in [0.2, 0.25) is 0 Å². The molecular weight excluding hydrogens is 377 g/mol. The van der Waals surface area contributed by atoms with Gasteiger partial charge in [0.2, 0.25) is 0 Å². The molecule has 1 aliphatic rings. The summed E-state index contributed by atoms with van der Waals surface area (Å²) < 4.78 is 14.8. The lowest BCUT2D eigenvalue weighted by atomic mass is 9.73. The Morgan fingerprint density at radius 1 is 1.34 bits per heavy atom. The van der Waals surface area contributed by atoms with E-state index in [1.807, 2.05) is 0 Å². The van der Waals surface area contributed by atoms with Gasteiger partial charge in [0.05, 0.1) is 25.5 Å². The molecule has 1 saturated heterocycles. The van der Waals surface area contributed by atoms with Gasteiger partial charge in [-0.1, -0.05) is 12.1 Å². The number of rotatable bonds is 5. The highest BCUT2D eigenvalue weighted by molar-refractivity contribution is 5.72. The Labute approximate surface area is 166 Å². The predicted molar refractivity (Wildman–Crippen MR) is 105 cm³/mol. The minimum absolute atomic E-state index is 0.202. The number of aryl methyl sites for hydroxylation is 1. The van der Waals surface area contributed by atoms with E-state index in [4.69, 9.17) is 0 Å². The van der Waals surface area contributed by atoms with Crippen molar-refractivity contribution >= 4 is 11.0 Å². The fourth-order valence-electron chi connectivity index (χ4n) is 4.13. The van der Waals surface area contributed by atoms with E-state index < -0.39 is 11.5 Å². The molecule has 9 heteroatoms. The third-order valence-electron chi connectivity index (χ3n) is 5.77. The van der Waals surface area contributed by atoms with Crippen LogP contribution in [0.5, 0.6) is 0 Å². The lowest BCUT2D eigenvalue weighted by molar-refractivity contribution is -0.0773. The van der Waals surface area contributed by atoms with Crippen molar-refractivity contribution in [3.63, 3.8) is 0 Å². The van der Waals surface area contributed by atoms with Crippen LogP contribution in [0.4, 0.5) is 4.39 Å². The van der Waals surface area contributed by atoms with Gasteiger partial charge in [0.1, 0.15) is 17.0 Å². The van der Waals surface area contributed by atoms with E-state index in [0.717, 1.165) is 5.56 Å². The zero-order valence-electron chi connectivity index (χ0n) is 16.2. The number of benzene rings is 1. The number of aromatic nitrogens is 4. The summed E-state index contributed by atoms with van der Waals surface area (Å²) in [5.74, 6) is 0.189. The smallest absolute Gasteiger partial charge is 0.262 e. The first-order valence-corrected chi connectivity index (χ1v) is 9.57. The molecule has 3 aromatic rings. The Hall–Kier alpha value is -2.62. The van der Waals surface area contributed by atoms with Gasteiger partial charge < -0.3 is 15.2 Å². The van der Waals surface area contributed by atoms with Gasteiger partial charge in [-0.3, -0.25) is 14.4 Å². The topological polar surface area (TPSA) is 107 Å². The highest BCUT2D eigenvalue weighted by Gasteiger charge is 2.42. The summed E-state index contributed by atoms with van der Waals surface area (Å²) in [5, 5.41) is 25.3. The number of nitrogens with zero attached hydrogens (tertiary/aromatic N) is 4. The van der Waals surface area contributed by atoms with Crippen LogP contribution in [0.25, 0.3) is 11.0 Å². The number of likely N-dealkylation sites (tertiary alicyclic amines) is 1.